The van der Waals surface area contributed by atoms with Crippen molar-refractivity contribution in [1.82, 2.24) is 5.32 Å². The van der Waals surface area contributed by atoms with Gasteiger partial charge in [-0.1, -0.05) is 0 Å². The number of ether oxygens (including phenoxy) is 3. The SMILES string of the molecule is COc1cc(C(=O)NC[C@H]2CC[C@@H](N)C2)cc(OC)c1OC. The molecule has 0 radical (unpaired) electrons. The van der Waals surface area contributed by atoms with Crippen molar-refractivity contribution in [3.8, 4) is 17.2 Å². The van der Waals surface area contributed by atoms with Crippen LogP contribution >= 0.6 is 0 Å². The Hall–Kier alpha value is -1.95. The van der Waals surface area contributed by atoms with E-state index in [1.807, 2.05) is 0 Å². The lowest BCUT2D eigenvalue weighted by Gasteiger charge is -2.15. The Balaban J connectivity index is 2.08. The maximum atomic E-state index is 12.3. The highest BCUT2D eigenvalue weighted by atomic mass is 16.5. The number of hydrogen-bond donors (Lipinski definition) is 2. The zero-order valence-corrected chi connectivity index (χ0v) is 13.3. The second-order valence-corrected chi connectivity index (χ2v) is 5.56. The summed E-state index contributed by atoms with van der Waals surface area (Å²) in [5.41, 5.74) is 6.37. The Kier molecular flexibility index (Phi) is 5.49. The molecule has 0 aromatic heterocycles. The van der Waals surface area contributed by atoms with E-state index in [0.29, 0.717) is 35.3 Å². The topological polar surface area (TPSA) is 82.8 Å². The van der Waals surface area contributed by atoms with E-state index in [0.717, 1.165) is 19.3 Å². The maximum absolute atomic E-state index is 12.3. The van der Waals surface area contributed by atoms with E-state index < -0.39 is 0 Å². The lowest BCUT2D eigenvalue weighted by atomic mass is 10.1. The van der Waals surface area contributed by atoms with Gasteiger partial charge in [0.05, 0.1) is 21.3 Å². The van der Waals surface area contributed by atoms with Crippen LogP contribution in [0.25, 0.3) is 0 Å². The van der Waals surface area contributed by atoms with E-state index >= 15 is 0 Å². The Morgan fingerprint density at radius 1 is 1.18 bits per heavy atom. The second-order valence-electron chi connectivity index (χ2n) is 5.56. The van der Waals surface area contributed by atoms with E-state index in [4.69, 9.17) is 19.9 Å². The molecule has 1 fully saturated rings. The van der Waals surface area contributed by atoms with Gasteiger partial charge in [-0.2, -0.15) is 0 Å². The molecule has 6 nitrogen and oxygen atoms in total. The van der Waals surface area contributed by atoms with Crippen LogP contribution in [-0.4, -0.2) is 39.8 Å². The summed E-state index contributed by atoms with van der Waals surface area (Å²) in [7, 11) is 4.58. The number of nitrogens with one attached hydrogen (secondary N) is 1. The fourth-order valence-corrected chi connectivity index (χ4v) is 2.85. The van der Waals surface area contributed by atoms with Gasteiger partial charge in [-0.25, -0.2) is 0 Å². The molecule has 1 aromatic rings. The first-order chi connectivity index (χ1) is 10.6. The van der Waals surface area contributed by atoms with E-state index in [9.17, 15) is 4.79 Å². The Morgan fingerprint density at radius 2 is 1.82 bits per heavy atom. The molecule has 0 heterocycles. The molecule has 2 rings (SSSR count). The van der Waals surface area contributed by atoms with Crippen LogP contribution in [0.5, 0.6) is 17.2 Å². The predicted molar refractivity (Wildman–Crippen MR) is 83.7 cm³/mol. The van der Waals surface area contributed by atoms with Gasteiger partial charge in [-0.15, -0.1) is 0 Å². The van der Waals surface area contributed by atoms with Crippen LogP contribution in [0.3, 0.4) is 0 Å². The number of nitrogens with two attached hydrogens (primary N) is 1. The summed E-state index contributed by atoms with van der Waals surface area (Å²) in [5, 5.41) is 2.96. The fourth-order valence-electron chi connectivity index (χ4n) is 2.85. The number of carbonyl (C=O) groups excluding carboxylic acids is 1. The summed E-state index contributed by atoms with van der Waals surface area (Å²) in [6.45, 7) is 0.642. The summed E-state index contributed by atoms with van der Waals surface area (Å²) >= 11 is 0. The van der Waals surface area contributed by atoms with Crippen molar-refractivity contribution in [2.24, 2.45) is 11.7 Å². The van der Waals surface area contributed by atoms with Crippen molar-refractivity contribution in [2.75, 3.05) is 27.9 Å². The molecule has 1 aromatic carbocycles. The van der Waals surface area contributed by atoms with Crippen molar-refractivity contribution in [1.29, 1.82) is 0 Å². The van der Waals surface area contributed by atoms with E-state index in [1.54, 1.807) is 12.1 Å². The van der Waals surface area contributed by atoms with Gasteiger partial charge in [0.2, 0.25) is 5.75 Å². The molecule has 0 aliphatic heterocycles. The highest BCUT2D eigenvalue weighted by Crippen LogP contribution is 2.38. The number of hydrogen-bond acceptors (Lipinski definition) is 5. The van der Waals surface area contributed by atoms with Crippen molar-refractivity contribution >= 4 is 5.91 Å². The summed E-state index contributed by atoms with van der Waals surface area (Å²) in [5.74, 6) is 1.72. The van der Waals surface area contributed by atoms with Crippen LogP contribution in [0.1, 0.15) is 29.6 Å². The third-order valence-corrected chi connectivity index (χ3v) is 4.06. The molecule has 1 aliphatic rings. The normalized spacial score (nSPS) is 20.5. The monoisotopic (exact) mass is 308 g/mol. The van der Waals surface area contributed by atoms with Crippen LogP contribution in [-0.2, 0) is 0 Å². The molecule has 3 N–H and O–H groups in total. The number of rotatable bonds is 6. The van der Waals surface area contributed by atoms with Gasteiger partial charge in [-0.3, -0.25) is 4.79 Å². The molecule has 1 saturated carbocycles. The van der Waals surface area contributed by atoms with Gasteiger partial charge < -0.3 is 25.3 Å². The number of amides is 1. The molecule has 22 heavy (non-hydrogen) atoms. The third kappa shape index (κ3) is 3.62. The molecule has 1 amide bonds. The van der Waals surface area contributed by atoms with Crippen molar-refractivity contribution < 1.29 is 19.0 Å². The summed E-state index contributed by atoms with van der Waals surface area (Å²) in [6, 6.07) is 3.57. The van der Waals surface area contributed by atoms with Gasteiger partial charge in [-0.05, 0) is 37.3 Å². The number of benzene rings is 1. The maximum Gasteiger partial charge on any atom is 0.251 e. The molecule has 0 bridgehead atoms. The molecule has 122 valence electrons. The Bertz CT molecular complexity index is 508. The number of carbonyl (C=O) groups is 1. The first-order valence-corrected chi connectivity index (χ1v) is 7.42. The van der Waals surface area contributed by atoms with Gasteiger partial charge in [0.1, 0.15) is 0 Å². The minimum Gasteiger partial charge on any atom is -0.493 e. The fraction of sp³-hybridized carbons (Fsp3) is 0.562. The highest BCUT2D eigenvalue weighted by Gasteiger charge is 2.23. The highest BCUT2D eigenvalue weighted by molar-refractivity contribution is 5.95. The van der Waals surface area contributed by atoms with E-state index in [1.165, 1.54) is 21.3 Å². The first-order valence-electron chi connectivity index (χ1n) is 7.42. The Labute approximate surface area is 130 Å². The zero-order valence-electron chi connectivity index (χ0n) is 13.3. The molecule has 6 heteroatoms. The summed E-state index contributed by atoms with van der Waals surface area (Å²) in [4.78, 5) is 12.3. The average molecular weight is 308 g/mol. The predicted octanol–water partition coefficient (Wildman–Crippen LogP) is 1.57. The standard InChI is InChI=1S/C16H24N2O4/c1-20-13-7-11(8-14(21-2)15(13)22-3)16(19)18-9-10-4-5-12(17)6-10/h7-8,10,12H,4-6,9,17H2,1-3H3,(H,18,19)/t10-,12+/m0/s1. The molecule has 0 unspecified atom stereocenters. The molecular formula is C16H24N2O4. The number of methoxy groups -OCH3 is 3. The lowest BCUT2D eigenvalue weighted by molar-refractivity contribution is 0.0946. The molecule has 1 aliphatic carbocycles. The van der Waals surface area contributed by atoms with Crippen LogP contribution in [0.2, 0.25) is 0 Å². The van der Waals surface area contributed by atoms with E-state index in [-0.39, 0.29) is 11.9 Å². The first kappa shape index (κ1) is 16.4. The van der Waals surface area contributed by atoms with Crippen LogP contribution in [0.15, 0.2) is 12.1 Å². The van der Waals surface area contributed by atoms with Crippen LogP contribution < -0.4 is 25.3 Å². The summed E-state index contributed by atoms with van der Waals surface area (Å²) < 4.78 is 15.8. The van der Waals surface area contributed by atoms with Gasteiger partial charge in [0.25, 0.3) is 5.91 Å². The summed E-state index contributed by atoms with van der Waals surface area (Å²) in [6.07, 6.45) is 3.07. The lowest BCUT2D eigenvalue weighted by Crippen LogP contribution is -2.29. The van der Waals surface area contributed by atoms with E-state index in [2.05, 4.69) is 5.32 Å². The quantitative estimate of drug-likeness (QED) is 0.833. The van der Waals surface area contributed by atoms with Crippen LogP contribution in [0, 0.1) is 5.92 Å². The van der Waals surface area contributed by atoms with Crippen molar-refractivity contribution in [3.63, 3.8) is 0 Å². The minimum atomic E-state index is -0.153. The smallest absolute Gasteiger partial charge is 0.251 e. The second kappa shape index (κ2) is 7.35. The molecule has 0 spiro atoms. The molecule has 2 atom stereocenters. The minimum absolute atomic E-state index is 0.153. The largest absolute Gasteiger partial charge is 0.493 e. The van der Waals surface area contributed by atoms with Gasteiger partial charge in [0.15, 0.2) is 11.5 Å². The molecule has 0 saturated heterocycles. The van der Waals surface area contributed by atoms with Gasteiger partial charge in [0, 0.05) is 18.2 Å². The van der Waals surface area contributed by atoms with Crippen LogP contribution in [0.4, 0.5) is 0 Å². The van der Waals surface area contributed by atoms with Crippen molar-refractivity contribution in [3.05, 3.63) is 17.7 Å². The Morgan fingerprint density at radius 3 is 2.27 bits per heavy atom. The van der Waals surface area contributed by atoms with Gasteiger partial charge >= 0.3 is 0 Å². The zero-order chi connectivity index (χ0) is 16.1. The molecular weight excluding hydrogens is 284 g/mol. The third-order valence-electron chi connectivity index (χ3n) is 4.06. The van der Waals surface area contributed by atoms with Crippen molar-refractivity contribution in [2.45, 2.75) is 25.3 Å². The average Bonchev–Trinajstić information content (AvgIpc) is 2.96.